The molecule has 1 aromatic rings. The zero-order valence-corrected chi connectivity index (χ0v) is 7.80. The van der Waals surface area contributed by atoms with E-state index < -0.39 is 9.84 Å². The van der Waals surface area contributed by atoms with Gasteiger partial charge in [-0.25, -0.2) is 13.4 Å². The lowest BCUT2D eigenvalue weighted by molar-refractivity contribution is 0.574. The molecular weight excluding hydrogens is 178 g/mol. The number of rotatable bonds is 2. The van der Waals surface area contributed by atoms with Gasteiger partial charge in [0.1, 0.15) is 5.82 Å². The highest BCUT2D eigenvalue weighted by Crippen LogP contribution is 2.10. The minimum atomic E-state index is -3.25. The van der Waals surface area contributed by atoms with Crippen molar-refractivity contribution in [3.05, 3.63) is 6.20 Å². The highest BCUT2D eigenvalue weighted by molar-refractivity contribution is 7.90. The molecular formula is C6H11N3O2S. The molecule has 0 amide bonds. The van der Waals surface area contributed by atoms with E-state index in [1.807, 2.05) is 6.92 Å². The van der Waals surface area contributed by atoms with Crippen LogP contribution in [0, 0.1) is 0 Å². The van der Waals surface area contributed by atoms with E-state index in [9.17, 15) is 8.42 Å². The molecule has 12 heavy (non-hydrogen) atoms. The number of aromatic nitrogens is 2. The Bertz CT molecular complexity index is 379. The predicted molar refractivity (Wildman–Crippen MR) is 45.4 cm³/mol. The third kappa shape index (κ3) is 1.58. The number of hydrogen-bond acceptors (Lipinski definition) is 4. The Morgan fingerprint density at radius 3 is 2.58 bits per heavy atom. The number of nitrogens with two attached hydrogens (primary N) is 1. The molecule has 0 bridgehead atoms. The average Bonchev–Trinajstić information content (AvgIpc) is 2.29. The molecule has 0 aromatic carbocycles. The molecule has 1 heterocycles. The highest BCUT2D eigenvalue weighted by Gasteiger charge is 2.15. The lowest BCUT2D eigenvalue weighted by atomic mass is 10.7. The maximum absolute atomic E-state index is 11.1. The number of nitrogens with zero attached hydrogens (tertiary/aromatic N) is 2. The van der Waals surface area contributed by atoms with Gasteiger partial charge in [0.15, 0.2) is 0 Å². The molecule has 0 radical (unpaired) electrons. The van der Waals surface area contributed by atoms with Crippen LogP contribution in [0.4, 0.5) is 5.82 Å². The van der Waals surface area contributed by atoms with E-state index in [0.717, 1.165) is 6.26 Å². The molecule has 0 unspecified atom stereocenters. The molecule has 0 saturated heterocycles. The van der Waals surface area contributed by atoms with Crippen molar-refractivity contribution in [2.75, 3.05) is 12.0 Å². The summed E-state index contributed by atoms with van der Waals surface area (Å²) in [5.41, 5.74) is 5.36. The third-order valence-corrected chi connectivity index (χ3v) is 2.42. The van der Waals surface area contributed by atoms with E-state index in [4.69, 9.17) is 5.73 Å². The Hall–Kier alpha value is -1.04. The fraction of sp³-hybridized carbons (Fsp3) is 0.500. The number of anilines is 1. The van der Waals surface area contributed by atoms with Gasteiger partial charge in [-0.05, 0) is 6.92 Å². The van der Waals surface area contributed by atoms with E-state index in [2.05, 4.69) is 4.98 Å². The molecule has 68 valence electrons. The molecule has 0 saturated carbocycles. The van der Waals surface area contributed by atoms with E-state index in [0.29, 0.717) is 6.54 Å². The van der Waals surface area contributed by atoms with Crippen molar-refractivity contribution in [1.82, 2.24) is 9.55 Å². The molecule has 0 spiro atoms. The molecule has 0 aliphatic rings. The average molecular weight is 189 g/mol. The summed E-state index contributed by atoms with van der Waals surface area (Å²) < 4.78 is 23.7. The molecule has 0 aliphatic carbocycles. The van der Waals surface area contributed by atoms with Crippen LogP contribution in [0.25, 0.3) is 0 Å². The summed E-state index contributed by atoms with van der Waals surface area (Å²) in [6.45, 7) is 2.38. The van der Waals surface area contributed by atoms with Crippen LogP contribution in [0.5, 0.6) is 0 Å². The van der Waals surface area contributed by atoms with Gasteiger partial charge in [-0.2, -0.15) is 0 Å². The van der Waals surface area contributed by atoms with Crippen LogP contribution in [-0.2, 0) is 16.4 Å². The second-order valence-electron chi connectivity index (χ2n) is 2.51. The van der Waals surface area contributed by atoms with E-state index in [1.54, 1.807) is 0 Å². The Labute approximate surface area is 71.1 Å². The van der Waals surface area contributed by atoms with Crippen LogP contribution < -0.4 is 5.73 Å². The molecule has 6 heteroatoms. The Morgan fingerprint density at radius 2 is 2.25 bits per heavy atom. The summed E-state index contributed by atoms with van der Waals surface area (Å²) in [7, 11) is -3.25. The predicted octanol–water partition coefficient (Wildman–Crippen LogP) is -0.111. The first-order valence-corrected chi connectivity index (χ1v) is 5.37. The van der Waals surface area contributed by atoms with Crippen molar-refractivity contribution < 1.29 is 8.42 Å². The van der Waals surface area contributed by atoms with Crippen LogP contribution in [-0.4, -0.2) is 24.2 Å². The quantitative estimate of drug-likeness (QED) is 0.704. The van der Waals surface area contributed by atoms with Crippen molar-refractivity contribution in [3.8, 4) is 0 Å². The maximum atomic E-state index is 11.1. The molecule has 1 aromatic heterocycles. The maximum Gasteiger partial charge on any atom is 0.229 e. The summed E-state index contributed by atoms with van der Waals surface area (Å²) in [5, 5.41) is 0.0301. The van der Waals surface area contributed by atoms with Crippen molar-refractivity contribution in [2.24, 2.45) is 0 Å². The second-order valence-corrected chi connectivity index (χ2v) is 4.42. The van der Waals surface area contributed by atoms with Gasteiger partial charge in [-0.1, -0.05) is 0 Å². The van der Waals surface area contributed by atoms with Gasteiger partial charge < -0.3 is 10.3 Å². The summed E-state index contributed by atoms with van der Waals surface area (Å²) in [6, 6.07) is 0. The van der Waals surface area contributed by atoms with E-state index in [-0.39, 0.29) is 11.0 Å². The fourth-order valence-electron chi connectivity index (χ4n) is 0.941. The normalized spacial score (nSPS) is 11.8. The van der Waals surface area contributed by atoms with Gasteiger partial charge in [0.25, 0.3) is 0 Å². The first kappa shape index (κ1) is 9.05. The molecule has 0 aliphatic heterocycles. The lowest BCUT2D eigenvalue weighted by Gasteiger charge is -1.99. The minimum absolute atomic E-state index is 0.0301. The Balaban J connectivity index is 3.33. The van der Waals surface area contributed by atoms with Gasteiger partial charge in [-0.3, -0.25) is 0 Å². The zero-order valence-electron chi connectivity index (χ0n) is 6.98. The second kappa shape index (κ2) is 2.78. The smallest absolute Gasteiger partial charge is 0.229 e. The van der Waals surface area contributed by atoms with Crippen LogP contribution in [0.2, 0.25) is 0 Å². The van der Waals surface area contributed by atoms with Gasteiger partial charge in [-0.15, -0.1) is 0 Å². The number of imidazole rings is 1. The molecule has 5 nitrogen and oxygen atoms in total. The zero-order chi connectivity index (χ0) is 9.35. The summed E-state index contributed by atoms with van der Waals surface area (Å²) in [5.74, 6) is 0.234. The summed E-state index contributed by atoms with van der Waals surface area (Å²) in [4.78, 5) is 3.71. The van der Waals surface area contributed by atoms with Crippen LogP contribution >= 0.6 is 0 Å². The highest BCUT2D eigenvalue weighted by atomic mass is 32.2. The minimum Gasteiger partial charge on any atom is -0.382 e. The number of aryl methyl sites for hydroxylation is 1. The molecule has 0 fully saturated rings. The SMILES string of the molecule is CCn1cc(N)nc1S(C)(=O)=O. The third-order valence-electron chi connectivity index (χ3n) is 1.43. The van der Waals surface area contributed by atoms with E-state index >= 15 is 0 Å². The van der Waals surface area contributed by atoms with E-state index in [1.165, 1.54) is 10.8 Å². The topological polar surface area (TPSA) is 78.0 Å². The lowest BCUT2D eigenvalue weighted by Crippen LogP contribution is -2.07. The monoisotopic (exact) mass is 189 g/mol. The van der Waals surface area contributed by atoms with Crippen LogP contribution in [0.15, 0.2) is 11.4 Å². The standard InChI is InChI=1S/C6H11N3O2S/c1-3-9-4-5(7)8-6(9)12(2,10)11/h4H,3,7H2,1-2H3. The van der Waals surface area contributed by atoms with Crippen molar-refractivity contribution in [3.63, 3.8) is 0 Å². The van der Waals surface area contributed by atoms with Crippen molar-refractivity contribution >= 4 is 15.7 Å². The van der Waals surface area contributed by atoms with Crippen molar-refractivity contribution in [1.29, 1.82) is 0 Å². The molecule has 2 N–H and O–H groups in total. The first-order chi connectivity index (χ1) is 5.45. The van der Waals surface area contributed by atoms with Gasteiger partial charge >= 0.3 is 0 Å². The number of sulfone groups is 1. The van der Waals surface area contributed by atoms with Gasteiger partial charge in [0.2, 0.25) is 15.0 Å². The Kier molecular flexibility index (Phi) is 2.10. The molecule has 0 atom stereocenters. The van der Waals surface area contributed by atoms with Crippen LogP contribution in [0.1, 0.15) is 6.92 Å². The first-order valence-electron chi connectivity index (χ1n) is 3.48. The summed E-state index contributed by atoms with van der Waals surface area (Å²) >= 11 is 0. The summed E-state index contributed by atoms with van der Waals surface area (Å²) in [6.07, 6.45) is 2.62. The Morgan fingerprint density at radius 1 is 1.67 bits per heavy atom. The number of hydrogen-bond donors (Lipinski definition) is 1. The number of nitrogen functional groups attached to an aromatic ring is 1. The van der Waals surface area contributed by atoms with Crippen molar-refractivity contribution in [2.45, 2.75) is 18.6 Å². The van der Waals surface area contributed by atoms with Crippen LogP contribution in [0.3, 0.4) is 0 Å². The largest absolute Gasteiger partial charge is 0.382 e. The van der Waals surface area contributed by atoms with Gasteiger partial charge in [0.05, 0.1) is 0 Å². The molecule has 1 rings (SSSR count). The fourth-order valence-corrected chi connectivity index (χ4v) is 1.82. The van der Waals surface area contributed by atoms with Gasteiger partial charge in [0, 0.05) is 19.0 Å².